The van der Waals surface area contributed by atoms with Crippen LogP contribution >= 0.6 is 15.9 Å². The van der Waals surface area contributed by atoms with Crippen molar-refractivity contribution in [2.75, 3.05) is 0 Å². The van der Waals surface area contributed by atoms with Crippen molar-refractivity contribution in [3.05, 3.63) is 34.5 Å². The van der Waals surface area contributed by atoms with E-state index in [4.69, 9.17) is 9.52 Å². The van der Waals surface area contributed by atoms with Gasteiger partial charge in [-0.1, -0.05) is 18.6 Å². The molecule has 2 atom stereocenters. The van der Waals surface area contributed by atoms with Crippen LogP contribution in [0.5, 0.6) is 0 Å². The minimum absolute atomic E-state index is 0.202. The van der Waals surface area contributed by atoms with Gasteiger partial charge in [0.05, 0.1) is 10.4 Å². The zero-order chi connectivity index (χ0) is 15.0. The Kier molecular flexibility index (Phi) is 3.71. The van der Waals surface area contributed by atoms with Crippen molar-refractivity contribution < 1.29 is 19.1 Å². The van der Waals surface area contributed by atoms with Gasteiger partial charge in [0.25, 0.3) is 5.91 Å². The highest BCUT2D eigenvalue weighted by molar-refractivity contribution is 9.10. The van der Waals surface area contributed by atoms with E-state index in [9.17, 15) is 9.59 Å². The molecule has 0 radical (unpaired) electrons. The highest BCUT2D eigenvalue weighted by atomic mass is 79.9. The third-order valence-corrected chi connectivity index (χ3v) is 4.49. The van der Waals surface area contributed by atoms with E-state index >= 15 is 0 Å². The minimum Gasteiger partial charge on any atom is -0.481 e. The summed E-state index contributed by atoms with van der Waals surface area (Å²) < 4.78 is 6.34. The Hall–Kier alpha value is -1.82. The average molecular weight is 352 g/mol. The largest absolute Gasteiger partial charge is 0.481 e. The van der Waals surface area contributed by atoms with Crippen molar-refractivity contribution in [1.82, 2.24) is 5.32 Å². The van der Waals surface area contributed by atoms with Gasteiger partial charge in [-0.2, -0.15) is 0 Å². The van der Waals surface area contributed by atoms with E-state index in [1.165, 1.54) is 0 Å². The predicted molar refractivity (Wildman–Crippen MR) is 80.1 cm³/mol. The Balaban J connectivity index is 1.81. The summed E-state index contributed by atoms with van der Waals surface area (Å²) in [4.78, 5) is 23.4. The number of carboxylic acid groups (broad SMARTS) is 1. The van der Waals surface area contributed by atoms with Gasteiger partial charge in [-0.05, 0) is 40.9 Å². The number of aliphatic carboxylic acids is 1. The molecule has 1 heterocycles. The van der Waals surface area contributed by atoms with E-state index in [2.05, 4.69) is 21.2 Å². The summed E-state index contributed by atoms with van der Waals surface area (Å²) in [5.41, 5.74) is 0.615. The number of fused-ring (bicyclic) bond motifs is 1. The molecule has 0 spiro atoms. The number of hydrogen-bond donors (Lipinski definition) is 2. The number of para-hydroxylation sites is 1. The lowest BCUT2D eigenvalue weighted by Gasteiger charge is -2.16. The summed E-state index contributed by atoms with van der Waals surface area (Å²) in [5.74, 6) is -1.53. The summed E-state index contributed by atoms with van der Waals surface area (Å²) >= 11 is 3.37. The number of furan rings is 1. The summed E-state index contributed by atoms with van der Waals surface area (Å²) in [6.07, 6.45) is 2.10. The molecule has 110 valence electrons. The fourth-order valence-corrected chi connectivity index (χ4v) is 3.27. The summed E-state index contributed by atoms with van der Waals surface area (Å²) in [7, 11) is 0. The van der Waals surface area contributed by atoms with E-state index in [0.29, 0.717) is 18.4 Å². The van der Waals surface area contributed by atoms with Crippen LogP contribution in [0.15, 0.2) is 33.2 Å². The van der Waals surface area contributed by atoms with Gasteiger partial charge in [0.15, 0.2) is 5.76 Å². The monoisotopic (exact) mass is 351 g/mol. The van der Waals surface area contributed by atoms with Crippen LogP contribution in [0.3, 0.4) is 0 Å². The van der Waals surface area contributed by atoms with Crippen LogP contribution in [0, 0.1) is 5.92 Å². The second-order valence-electron chi connectivity index (χ2n) is 5.22. The molecule has 5 nitrogen and oxygen atoms in total. The molecule has 1 fully saturated rings. The molecule has 0 bridgehead atoms. The highest BCUT2D eigenvalue weighted by Gasteiger charge is 2.34. The second-order valence-corrected chi connectivity index (χ2v) is 6.08. The maximum absolute atomic E-state index is 12.2. The zero-order valence-electron chi connectivity index (χ0n) is 11.1. The lowest BCUT2D eigenvalue weighted by atomic mass is 10.0. The van der Waals surface area contributed by atoms with E-state index in [1.54, 1.807) is 6.07 Å². The molecular weight excluding hydrogens is 338 g/mol. The molecular formula is C15H14BrNO4. The van der Waals surface area contributed by atoms with Gasteiger partial charge in [0.1, 0.15) is 5.58 Å². The number of hydrogen-bond acceptors (Lipinski definition) is 3. The van der Waals surface area contributed by atoms with Gasteiger partial charge in [-0.3, -0.25) is 9.59 Å². The maximum atomic E-state index is 12.2. The molecule has 2 aromatic rings. The molecule has 21 heavy (non-hydrogen) atoms. The minimum atomic E-state index is -0.856. The van der Waals surface area contributed by atoms with Crippen LogP contribution in [0.2, 0.25) is 0 Å². The fraction of sp³-hybridized carbons (Fsp3) is 0.333. The van der Waals surface area contributed by atoms with Crippen molar-refractivity contribution in [3.63, 3.8) is 0 Å². The summed E-state index contributed by atoms with van der Waals surface area (Å²) in [6.45, 7) is 0. The lowest BCUT2D eigenvalue weighted by Crippen LogP contribution is -2.40. The second kappa shape index (κ2) is 5.52. The molecule has 3 rings (SSSR count). The molecule has 0 saturated heterocycles. The van der Waals surface area contributed by atoms with Gasteiger partial charge >= 0.3 is 5.97 Å². The Labute approximate surface area is 129 Å². The number of benzene rings is 1. The van der Waals surface area contributed by atoms with E-state index in [0.717, 1.165) is 16.3 Å². The van der Waals surface area contributed by atoms with Crippen LogP contribution in [0.4, 0.5) is 0 Å². The van der Waals surface area contributed by atoms with Crippen LogP contribution < -0.4 is 5.32 Å². The van der Waals surface area contributed by atoms with Crippen LogP contribution in [0.25, 0.3) is 11.0 Å². The standard InChI is InChI=1S/C15H14BrNO4/c16-10-5-1-3-8-7-12(21-13(8)10)14(18)17-11-6-2-4-9(11)15(19)20/h1,3,5,7,9,11H,2,4,6H2,(H,17,18)(H,19,20). The molecule has 1 aromatic carbocycles. The molecule has 2 N–H and O–H groups in total. The van der Waals surface area contributed by atoms with E-state index in [1.807, 2.05) is 18.2 Å². The van der Waals surface area contributed by atoms with Crippen LogP contribution in [-0.2, 0) is 4.79 Å². The van der Waals surface area contributed by atoms with E-state index < -0.39 is 11.9 Å². The number of amides is 1. The summed E-state index contributed by atoms with van der Waals surface area (Å²) in [6, 6.07) is 6.90. The average Bonchev–Trinajstić information content (AvgIpc) is 3.05. The first-order valence-corrected chi connectivity index (χ1v) is 7.57. The van der Waals surface area contributed by atoms with Crippen molar-refractivity contribution in [2.24, 2.45) is 5.92 Å². The maximum Gasteiger partial charge on any atom is 0.308 e. The van der Waals surface area contributed by atoms with Crippen molar-refractivity contribution in [1.29, 1.82) is 0 Å². The fourth-order valence-electron chi connectivity index (χ4n) is 2.81. The Morgan fingerprint density at radius 2 is 2.14 bits per heavy atom. The van der Waals surface area contributed by atoms with E-state index in [-0.39, 0.29) is 17.7 Å². The molecule has 1 aliphatic rings. The first kappa shape index (κ1) is 14.1. The molecule has 1 amide bonds. The number of carbonyl (C=O) groups is 2. The predicted octanol–water partition coefficient (Wildman–Crippen LogP) is 3.18. The zero-order valence-corrected chi connectivity index (χ0v) is 12.7. The molecule has 1 saturated carbocycles. The first-order valence-electron chi connectivity index (χ1n) is 6.78. The van der Waals surface area contributed by atoms with Gasteiger partial charge in [0, 0.05) is 11.4 Å². The Morgan fingerprint density at radius 3 is 2.86 bits per heavy atom. The normalized spacial score (nSPS) is 21.6. The molecule has 2 unspecified atom stereocenters. The number of rotatable bonds is 3. The van der Waals surface area contributed by atoms with Crippen LogP contribution in [-0.4, -0.2) is 23.0 Å². The smallest absolute Gasteiger partial charge is 0.308 e. The third kappa shape index (κ3) is 2.68. The topological polar surface area (TPSA) is 79.5 Å². The van der Waals surface area contributed by atoms with Crippen molar-refractivity contribution in [2.45, 2.75) is 25.3 Å². The van der Waals surface area contributed by atoms with Gasteiger partial charge < -0.3 is 14.8 Å². The quantitative estimate of drug-likeness (QED) is 0.889. The SMILES string of the molecule is O=C(NC1CCCC1C(=O)O)c1cc2cccc(Br)c2o1. The van der Waals surface area contributed by atoms with Gasteiger partial charge in [-0.25, -0.2) is 0 Å². The molecule has 1 aromatic heterocycles. The van der Waals surface area contributed by atoms with Gasteiger partial charge in [0.2, 0.25) is 0 Å². The highest BCUT2D eigenvalue weighted by Crippen LogP contribution is 2.29. The lowest BCUT2D eigenvalue weighted by molar-refractivity contribution is -0.142. The molecule has 0 aliphatic heterocycles. The van der Waals surface area contributed by atoms with Gasteiger partial charge in [-0.15, -0.1) is 0 Å². The number of carbonyl (C=O) groups excluding carboxylic acids is 1. The van der Waals surface area contributed by atoms with Crippen LogP contribution in [0.1, 0.15) is 29.8 Å². The van der Waals surface area contributed by atoms with Crippen molar-refractivity contribution >= 4 is 38.8 Å². The number of carboxylic acids is 1. The molecule has 6 heteroatoms. The Morgan fingerprint density at radius 1 is 1.33 bits per heavy atom. The summed E-state index contributed by atoms with van der Waals surface area (Å²) in [5, 5.41) is 12.7. The first-order chi connectivity index (χ1) is 10.1. The van der Waals surface area contributed by atoms with Crippen molar-refractivity contribution in [3.8, 4) is 0 Å². The molecule has 1 aliphatic carbocycles. The number of halogens is 1. The number of nitrogens with one attached hydrogen (secondary N) is 1. The Bertz CT molecular complexity index is 709. The third-order valence-electron chi connectivity index (χ3n) is 3.87.